The summed E-state index contributed by atoms with van der Waals surface area (Å²) in [4.78, 5) is 12.0. The van der Waals surface area contributed by atoms with Crippen LogP contribution >= 0.6 is 0 Å². The molecule has 6 heteroatoms. The Morgan fingerprint density at radius 1 is 1.17 bits per heavy atom. The van der Waals surface area contributed by atoms with Gasteiger partial charge in [-0.05, 0) is 36.2 Å². The van der Waals surface area contributed by atoms with Crippen LogP contribution in [0, 0.1) is 6.92 Å². The van der Waals surface area contributed by atoms with Gasteiger partial charge in [-0.15, -0.1) is 0 Å². The van der Waals surface area contributed by atoms with Crippen LogP contribution in [-0.2, 0) is 0 Å². The number of hydrogen-bond donors (Lipinski definition) is 3. The van der Waals surface area contributed by atoms with Gasteiger partial charge in [-0.3, -0.25) is 0 Å². The topological polar surface area (TPSA) is 79.8 Å². The van der Waals surface area contributed by atoms with Gasteiger partial charge in [-0.2, -0.15) is 0 Å². The third-order valence-corrected chi connectivity index (χ3v) is 3.80. The summed E-state index contributed by atoms with van der Waals surface area (Å²) < 4.78 is 10.9. The summed E-state index contributed by atoms with van der Waals surface area (Å²) in [6.45, 7) is 3.02. The van der Waals surface area contributed by atoms with Crippen molar-refractivity contribution in [3.8, 4) is 11.5 Å². The van der Waals surface area contributed by atoms with Crippen LogP contribution in [0.2, 0.25) is 0 Å². The Morgan fingerprint density at radius 3 is 2.71 bits per heavy atom. The number of ether oxygens (including phenoxy) is 2. The van der Waals surface area contributed by atoms with Crippen molar-refractivity contribution in [2.75, 3.05) is 25.1 Å². The van der Waals surface area contributed by atoms with Gasteiger partial charge in [0.15, 0.2) is 11.5 Å². The van der Waals surface area contributed by atoms with Crippen LogP contribution in [0.4, 0.5) is 10.5 Å². The minimum Gasteiger partial charge on any atom is -0.486 e. The number of aliphatic hydroxyl groups is 1. The molecule has 0 radical (unpaired) electrons. The molecule has 24 heavy (non-hydrogen) atoms. The fourth-order valence-electron chi connectivity index (χ4n) is 2.45. The molecular weight excluding hydrogens is 308 g/mol. The second kappa shape index (κ2) is 7.23. The Bertz CT molecular complexity index is 733. The van der Waals surface area contributed by atoms with Gasteiger partial charge >= 0.3 is 6.03 Å². The van der Waals surface area contributed by atoms with Crippen molar-refractivity contribution in [1.82, 2.24) is 5.32 Å². The highest BCUT2D eigenvalue weighted by molar-refractivity contribution is 5.90. The van der Waals surface area contributed by atoms with Crippen molar-refractivity contribution in [2.45, 2.75) is 13.0 Å². The summed E-state index contributed by atoms with van der Waals surface area (Å²) in [6.07, 6.45) is -0.830. The average molecular weight is 328 g/mol. The van der Waals surface area contributed by atoms with Crippen LogP contribution in [0.15, 0.2) is 42.5 Å². The molecule has 0 fully saturated rings. The second-order valence-electron chi connectivity index (χ2n) is 5.57. The highest BCUT2D eigenvalue weighted by Gasteiger charge is 2.16. The van der Waals surface area contributed by atoms with E-state index in [1.165, 1.54) is 0 Å². The Balaban J connectivity index is 1.56. The third-order valence-electron chi connectivity index (χ3n) is 3.80. The van der Waals surface area contributed by atoms with Crippen LogP contribution in [-0.4, -0.2) is 30.9 Å². The molecule has 0 aliphatic carbocycles. The van der Waals surface area contributed by atoms with Gasteiger partial charge in [0.25, 0.3) is 0 Å². The van der Waals surface area contributed by atoms with E-state index in [2.05, 4.69) is 10.6 Å². The van der Waals surface area contributed by atoms with Crippen molar-refractivity contribution in [1.29, 1.82) is 0 Å². The minimum absolute atomic E-state index is 0.0946. The molecule has 1 aliphatic rings. The van der Waals surface area contributed by atoms with Gasteiger partial charge < -0.3 is 25.2 Å². The third kappa shape index (κ3) is 3.78. The summed E-state index contributed by atoms with van der Waals surface area (Å²) in [7, 11) is 0. The number of aliphatic hydroxyl groups excluding tert-OH is 1. The molecule has 0 unspecified atom stereocenters. The molecule has 126 valence electrons. The first-order valence-electron chi connectivity index (χ1n) is 7.81. The van der Waals surface area contributed by atoms with Crippen LogP contribution in [0.3, 0.4) is 0 Å². The molecule has 0 saturated carbocycles. The van der Waals surface area contributed by atoms with Crippen molar-refractivity contribution >= 4 is 11.7 Å². The van der Waals surface area contributed by atoms with Gasteiger partial charge in [0, 0.05) is 12.2 Å². The molecule has 1 atom stereocenters. The summed E-state index contributed by atoms with van der Waals surface area (Å²) in [5, 5.41) is 15.7. The lowest BCUT2D eigenvalue weighted by molar-refractivity contribution is 0.163. The highest BCUT2D eigenvalue weighted by atomic mass is 16.6. The predicted molar refractivity (Wildman–Crippen MR) is 90.6 cm³/mol. The van der Waals surface area contributed by atoms with Gasteiger partial charge in [-0.25, -0.2) is 4.79 Å². The second-order valence-corrected chi connectivity index (χ2v) is 5.57. The van der Waals surface area contributed by atoms with Gasteiger partial charge in [0.2, 0.25) is 0 Å². The smallest absolute Gasteiger partial charge is 0.319 e. The fraction of sp³-hybridized carbons (Fsp3) is 0.278. The molecule has 2 aromatic rings. The maximum absolute atomic E-state index is 12.0. The summed E-state index contributed by atoms with van der Waals surface area (Å²) >= 11 is 0. The predicted octanol–water partition coefficient (Wildman–Crippen LogP) is 2.62. The monoisotopic (exact) mass is 328 g/mol. The number of benzene rings is 2. The Hall–Kier alpha value is -2.73. The minimum atomic E-state index is -0.830. The molecule has 2 amide bonds. The summed E-state index contributed by atoms with van der Waals surface area (Å²) in [5.74, 6) is 1.28. The average Bonchev–Trinajstić information content (AvgIpc) is 2.61. The van der Waals surface area contributed by atoms with Crippen molar-refractivity contribution in [3.63, 3.8) is 0 Å². The number of anilines is 1. The zero-order valence-corrected chi connectivity index (χ0v) is 13.4. The lowest BCUT2D eigenvalue weighted by Crippen LogP contribution is -2.32. The maximum Gasteiger partial charge on any atom is 0.319 e. The van der Waals surface area contributed by atoms with E-state index in [4.69, 9.17) is 9.47 Å². The largest absolute Gasteiger partial charge is 0.486 e. The molecule has 0 aromatic heterocycles. The molecule has 0 spiro atoms. The zero-order valence-electron chi connectivity index (χ0n) is 13.4. The molecule has 3 N–H and O–H groups in total. The van der Waals surface area contributed by atoms with E-state index in [0.717, 1.165) is 11.3 Å². The Morgan fingerprint density at radius 2 is 1.92 bits per heavy atom. The molecule has 6 nitrogen and oxygen atoms in total. The van der Waals surface area contributed by atoms with E-state index in [1.807, 2.05) is 31.2 Å². The van der Waals surface area contributed by atoms with Crippen molar-refractivity contribution in [3.05, 3.63) is 53.6 Å². The van der Waals surface area contributed by atoms with E-state index in [9.17, 15) is 9.90 Å². The van der Waals surface area contributed by atoms with E-state index in [-0.39, 0.29) is 12.6 Å². The molecule has 0 bridgehead atoms. The van der Waals surface area contributed by atoms with Gasteiger partial charge in [-0.1, -0.05) is 24.3 Å². The molecule has 1 aliphatic heterocycles. The molecular formula is C18H20N2O4. The summed E-state index contributed by atoms with van der Waals surface area (Å²) in [5.41, 5.74) is 2.37. The quantitative estimate of drug-likeness (QED) is 0.806. The number of para-hydroxylation sites is 1. The van der Waals surface area contributed by atoms with Crippen molar-refractivity contribution < 1.29 is 19.4 Å². The first kappa shape index (κ1) is 16.1. The standard InChI is InChI=1S/C18H20N2O4/c1-12-4-2-3-5-14(12)20-18(22)19-11-15(21)13-6-7-16-17(10-13)24-9-8-23-16/h2-7,10,15,21H,8-9,11H2,1H3,(H2,19,20,22)/t15-/m0/s1. The zero-order chi connectivity index (χ0) is 16.9. The number of urea groups is 1. The van der Waals surface area contributed by atoms with E-state index < -0.39 is 6.10 Å². The summed E-state index contributed by atoms with van der Waals surface area (Å²) in [6, 6.07) is 12.4. The first-order valence-corrected chi connectivity index (χ1v) is 7.81. The Labute approximate surface area is 140 Å². The molecule has 0 saturated heterocycles. The van der Waals surface area contributed by atoms with Crippen LogP contribution < -0.4 is 20.1 Å². The maximum atomic E-state index is 12.0. The van der Waals surface area contributed by atoms with E-state index in [0.29, 0.717) is 30.3 Å². The SMILES string of the molecule is Cc1ccccc1NC(=O)NC[C@H](O)c1ccc2c(c1)OCCO2. The fourth-order valence-corrected chi connectivity index (χ4v) is 2.45. The molecule has 3 rings (SSSR count). The molecule has 2 aromatic carbocycles. The van der Waals surface area contributed by atoms with E-state index in [1.54, 1.807) is 18.2 Å². The normalized spacial score (nSPS) is 13.9. The van der Waals surface area contributed by atoms with E-state index >= 15 is 0 Å². The number of nitrogens with one attached hydrogen (secondary N) is 2. The number of carbonyl (C=O) groups is 1. The molecule has 1 heterocycles. The Kier molecular flexibility index (Phi) is 4.86. The lowest BCUT2D eigenvalue weighted by Gasteiger charge is -2.20. The first-order chi connectivity index (χ1) is 11.6. The number of hydrogen-bond acceptors (Lipinski definition) is 4. The van der Waals surface area contributed by atoms with Gasteiger partial charge in [0.05, 0.1) is 6.10 Å². The number of aryl methyl sites for hydroxylation is 1. The lowest BCUT2D eigenvalue weighted by atomic mass is 10.1. The number of rotatable bonds is 4. The van der Waals surface area contributed by atoms with Crippen LogP contribution in [0.5, 0.6) is 11.5 Å². The van der Waals surface area contributed by atoms with Crippen LogP contribution in [0.1, 0.15) is 17.2 Å². The van der Waals surface area contributed by atoms with Gasteiger partial charge in [0.1, 0.15) is 13.2 Å². The highest BCUT2D eigenvalue weighted by Crippen LogP contribution is 2.32. The van der Waals surface area contributed by atoms with Crippen molar-refractivity contribution in [2.24, 2.45) is 0 Å². The van der Waals surface area contributed by atoms with Crippen LogP contribution in [0.25, 0.3) is 0 Å². The number of amides is 2. The number of fused-ring (bicyclic) bond motifs is 1. The number of carbonyl (C=O) groups excluding carboxylic acids is 1.